The molecule has 0 bridgehead atoms. The molecule has 0 spiro atoms. The number of hydrogen-bond donors (Lipinski definition) is 0. The Morgan fingerprint density at radius 3 is 2.50 bits per heavy atom. The second-order valence-corrected chi connectivity index (χ2v) is 7.67. The molecule has 5 nitrogen and oxygen atoms in total. The summed E-state index contributed by atoms with van der Waals surface area (Å²) in [7, 11) is 0. The molecule has 3 aromatic rings. The molecule has 30 heavy (non-hydrogen) atoms. The Morgan fingerprint density at radius 1 is 1.03 bits per heavy atom. The van der Waals surface area contributed by atoms with E-state index in [1.54, 1.807) is 65.6 Å². The molecule has 3 aromatic carbocycles. The number of carbonyl (C=O) groups excluding carboxylic acids is 2. The van der Waals surface area contributed by atoms with E-state index in [9.17, 15) is 9.59 Å². The van der Waals surface area contributed by atoms with Crippen LogP contribution in [0.5, 0.6) is 0 Å². The highest BCUT2D eigenvalue weighted by Gasteiger charge is 2.35. The standard InChI is InChI=1S/C23H16Cl2N2O3/c1-14-6-8-15(9-7-14)23(29)30-26-21-18-4-2-3-5-20(18)27(22(21)28)13-16-10-11-17(24)12-19(16)25/h2-12H,13H2,1H3/b26-21-. The van der Waals surface area contributed by atoms with Gasteiger partial charge in [0.25, 0.3) is 5.91 Å². The predicted molar refractivity (Wildman–Crippen MR) is 117 cm³/mol. The van der Waals surface area contributed by atoms with Gasteiger partial charge in [-0.15, -0.1) is 0 Å². The number of halogens is 2. The summed E-state index contributed by atoms with van der Waals surface area (Å²) in [6, 6.07) is 19.2. The summed E-state index contributed by atoms with van der Waals surface area (Å²) in [6.45, 7) is 2.15. The average Bonchev–Trinajstić information content (AvgIpc) is 3.00. The molecular weight excluding hydrogens is 423 g/mol. The van der Waals surface area contributed by atoms with Crippen LogP contribution in [0.1, 0.15) is 27.0 Å². The minimum atomic E-state index is -0.632. The van der Waals surface area contributed by atoms with Crippen molar-refractivity contribution < 1.29 is 14.4 Å². The Bertz CT molecular complexity index is 1170. The lowest BCUT2D eigenvalue weighted by atomic mass is 10.1. The van der Waals surface area contributed by atoms with E-state index in [2.05, 4.69) is 5.16 Å². The summed E-state index contributed by atoms with van der Waals surface area (Å²) >= 11 is 12.2. The molecule has 0 aromatic heterocycles. The van der Waals surface area contributed by atoms with Crippen LogP contribution in [0.3, 0.4) is 0 Å². The SMILES string of the molecule is Cc1ccc(C(=O)O/N=C2\C(=O)N(Cc3ccc(Cl)cc3Cl)c3ccccc32)cc1. The van der Waals surface area contributed by atoms with Crippen molar-refractivity contribution in [1.82, 2.24) is 0 Å². The lowest BCUT2D eigenvalue weighted by molar-refractivity contribution is -0.112. The molecule has 0 unspecified atom stereocenters. The molecule has 1 heterocycles. The van der Waals surface area contributed by atoms with Crippen LogP contribution in [-0.4, -0.2) is 17.6 Å². The Labute approximate surface area is 183 Å². The topological polar surface area (TPSA) is 59.0 Å². The third-order valence-electron chi connectivity index (χ3n) is 4.75. The molecule has 0 saturated heterocycles. The van der Waals surface area contributed by atoms with Gasteiger partial charge in [-0.3, -0.25) is 4.79 Å². The monoisotopic (exact) mass is 438 g/mol. The Kier molecular flexibility index (Phi) is 5.57. The number of amides is 1. The molecule has 0 N–H and O–H groups in total. The van der Waals surface area contributed by atoms with Gasteiger partial charge in [0.1, 0.15) is 0 Å². The van der Waals surface area contributed by atoms with Crippen molar-refractivity contribution in [3.8, 4) is 0 Å². The maximum absolute atomic E-state index is 13.1. The maximum Gasteiger partial charge on any atom is 0.365 e. The van der Waals surface area contributed by atoms with Gasteiger partial charge >= 0.3 is 5.97 Å². The number of aryl methyl sites for hydroxylation is 1. The molecule has 150 valence electrons. The smallest absolute Gasteiger partial charge is 0.312 e. The molecule has 0 aliphatic carbocycles. The minimum Gasteiger partial charge on any atom is -0.312 e. The highest BCUT2D eigenvalue weighted by atomic mass is 35.5. The largest absolute Gasteiger partial charge is 0.365 e. The fourth-order valence-corrected chi connectivity index (χ4v) is 3.62. The minimum absolute atomic E-state index is 0.0659. The summed E-state index contributed by atoms with van der Waals surface area (Å²) in [5.74, 6) is -1.01. The zero-order valence-electron chi connectivity index (χ0n) is 15.9. The van der Waals surface area contributed by atoms with Gasteiger partial charge in [0.2, 0.25) is 0 Å². The number of anilines is 1. The van der Waals surface area contributed by atoms with Gasteiger partial charge in [0.05, 0.1) is 17.8 Å². The average molecular weight is 439 g/mol. The van der Waals surface area contributed by atoms with Gasteiger partial charge in [-0.2, -0.15) is 0 Å². The number of nitrogens with zero attached hydrogens (tertiary/aromatic N) is 2. The number of fused-ring (bicyclic) bond motifs is 1. The van der Waals surface area contributed by atoms with Crippen LogP contribution in [0.4, 0.5) is 5.69 Å². The number of benzene rings is 3. The number of oxime groups is 1. The van der Waals surface area contributed by atoms with Crippen molar-refractivity contribution in [3.05, 3.63) is 99.0 Å². The molecule has 1 amide bonds. The zero-order chi connectivity index (χ0) is 21.3. The van der Waals surface area contributed by atoms with Crippen molar-refractivity contribution in [2.24, 2.45) is 5.16 Å². The maximum atomic E-state index is 13.1. The fourth-order valence-electron chi connectivity index (χ4n) is 3.16. The zero-order valence-corrected chi connectivity index (χ0v) is 17.4. The summed E-state index contributed by atoms with van der Waals surface area (Å²) in [5, 5.41) is 4.87. The second-order valence-electron chi connectivity index (χ2n) is 6.83. The van der Waals surface area contributed by atoms with Crippen LogP contribution >= 0.6 is 23.2 Å². The van der Waals surface area contributed by atoms with Gasteiger partial charge in [-0.05, 0) is 42.8 Å². The van der Waals surface area contributed by atoms with E-state index < -0.39 is 5.97 Å². The normalized spacial score (nSPS) is 14.2. The first-order valence-electron chi connectivity index (χ1n) is 9.15. The Balaban J connectivity index is 1.62. The van der Waals surface area contributed by atoms with Crippen LogP contribution in [0.15, 0.2) is 71.9 Å². The van der Waals surface area contributed by atoms with Gasteiger partial charge in [-0.25, -0.2) is 4.79 Å². The summed E-state index contributed by atoms with van der Waals surface area (Å²) in [5.41, 5.74) is 3.43. The molecule has 4 rings (SSSR count). The Morgan fingerprint density at radius 2 is 1.77 bits per heavy atom. The van der Waals surface area contributed by atoms with Crippen molar-refractivity contribution in [2.45, 2.75) is 13.5 Å². The van der Waals surface area contributed by atoms with E-state index in [1.165, 1.54) is 0 Å². The molecular formula is C23H16Cl2N2O3. The number of carbonyl (C=O) groups is 2. The molecule has 0 radical (unpaired) electrons. The summed E-state index contributed by atoms with van der Waals surface area (Å²) < 4.78 is 0. The molecule has 0 saturated carbocycles. The van der Waals surface area contributed by atoms with Gasteiger partial charge < -0.3 is 9.74 Å². The fraction of sp³-hybridized carbons (Fsp3) is 0.0870. The third-order valence-corrected chi connectivity index (χ3v) is 5.34. The van der Waals surface area contributed by atoms with Crippen LogP contribution in [0.2, 0.25) is 10.0 Å². The van der Waals surface area contributed by atoms with E-state index in [0.29, 0.717) is 26.9 Å². The quantitative estimate of drug-likeness (QED) is 0.404. The number of rotatable bonds is 4. The van der Waals surface area contributed by atoms with Crippen LogP contribution < -0.4 is 4.90 Å². The first-order valence-corrected chi connectivity index (χ1v) is 9.91. The van der Waals surface area contributed by atoms with Crippen LogP contribution in [-0.2, 0) is 16.2 Å². The third kappa shape index (κ3) is 3.95. The molecule has 1 aliphatic heterocycles. The molecule has 0 fully saturated rings. The van der Waals surface area contributed by atoms with E-state index in [1.807, 2.05) is 13.0 Å². The van der Waals surface area contributed by atoms with Gasteiger partial charge in [0.15, 0.2) is 5.71 Å². The van der Waals surface area contributed by atoms with E-state index >= 15 is 0 Å². The lowest BCUT2D eigenvalue weighted by Crippen LogP contribution is -2.30. The molecule has 0 atom stereocenters. The summed E-state index contributed by atoms with van der Waals surface area (Å²) in [4.78, 5) is 32.0. The van der Waals surface area contributed by atoms with Crippen molar-refractivity contribution in [3.63, 3.8) is 0 Å². The number of hydrogen-bond acceptors (Lipinski definition) is 4. The Hall–Kier alpha value is -3.15. The molecule has 1 aliphatic rings. The van der Waals surface area contributed by atoms with Crippen LogP contribution in [0, 0.1) is 6.92 Å². The van der Waals surface area contributed by atoms with Gasteiger partial charge in [-0.1, -0.05) is 70.3 Å². The highest BCUT2D eigenvalue weighted by molar-refractivity contribution is 6.54. The first kappa shape index (κ1) is 20.1. The molecule has 7 heteroatoms. The lowest BCUT2D eigenvalue weighted by Gasteiger charge is -2.17. The van der Waals surface area contributed by atoms with E-state index in [-0.39, 0.29) is 18.2 Å². The first-order chi connectivity index (χ1) is 14.4. The van der Waals surface area contributed by atoms with Crippen LogP contribution in [0.25, 0.3) is 0 Å². The second kappa shape index (κ2) is 8.30. The van der Waals surface area contributed by atoms with Crippen molar-refractivity contribution >= 4 is 46.5 Å². The van der Waals surface area contributed by atoms with Crippen molar-refractivity contribution in [2.75, 3.05) is 4.90 Å². The highest BCUT2D eigenvalue weighted by Crippen LogP contribution is 2.32. The van der Waals surface area contributed by atoms with E-state index in [4.69, 9.17) is 28.0 Å². The van der Waals surface area contributed by atoms with Gasteiger partial charge in [0, 0.05) is 15.6 Å². The number of para-hydroxylation sites is 1. The predicted octanol–water partition coefficient (Wildman–Crippen LogP) is 5.41. The van der Waals surface area contributed by atoms with E-state index in [0.717, 1.165) is 11.1 Å². The van der Waals surface area contributed by atoms with Crippen molar-refractivity contribution in [1.29, 1.82) is 0 Å². The summed E-state index contributed by atoms with van der Waals surface area (Å²) in [6.07, 6.45) is 0.